The Morgan fingerprint density at radius 3 is 2.88 bits per heavy atom. The maximum absolute atomic E-state index is 12.2. The molecule has 0 radical (unpaired) electrons. The van der Waals surface area contributed by atoms with Crippen molar-refractivity contribution in [1.29, 1.82) is 0 Å². The average molecular weight is 236 g/mol. The van der Waals surface area contributed by atoms with E-state index < -0.39 is 6.10 Å². The first-order valence-electron chi connectivity index (χ1n) is 5.70. The second-order valence-corrected chi connectivity index (χ2v) is 4.02. The molecule has 1 aromatic heterocycles. The van der Waals surface area contributed by atoms with Crippen molar-refractivity contribution >= 4 is 5.91 Å². The van der Waals surface area contributed by atoms with Crippen LogP contribution in [0.15, 0.2) is 18.3 Å². The van der Waals surface area contributed by atoms with Crippen molar-refractivity contribution in [3.8, 4) is 0 Å². The molecule has 1 saturated heterocycles. The SMILES string of the molecule is C[C@@H](O)c1ncccc1C(=O)N1CCOCC1. The normalized spacial score (nSPS) is 17.9. The Bertz CT molecular complexity index is 400. The molecule has 1 aliphatic heterocycles. The van der Waals surface area contributed by atoms with Crippen molar-refractivity contribution in [1.82, 2.24) is 9.88 Å². The summed E-state index contributed by atoms with van der Waals surface area (Å²) in [7, 11) is 0. The Hall–Kier alpha value is -1.46. The van der Waals surface area contributed by atoms with Crippen LogP contribution in [-0.2, 0) is 4.74 Å². The molecule has 0 spiro atoms. The molecule has 1 atom stereocenters. The lowest BCUT2D eigenvalue weighted by Gasteiger charge is -2.27. The molecule has 1 amide bonds. The van der Waals surface area contributed by atoms with Gasteiger partial charge in [0.1, 0.15) is 0 Å². The quantitative estimate of drug-likeness (QED) is 0.817. The highest BCUT2D eigenvalue weighted by molar-refractivity contribution is 5.95. The molecule has 1 N–H and O–H groups in total. The topological polar surface area (TPSA) is 62.7 Å². The van der Waals surface area contributed by atoms with Crippen molar-refractivity contribution < 1.29 is 14.6 Å². The molecule has 5 heteroatoms. The van der Waals surface area contributed by atoms with E-state index >= 15 is 0 Å². The van der Waals surface area contributed by atoms with Gasteiger partial charge >= 0.3 is 0 Å². The molecule has 0 bridgehead atoms. The Morgan fingerprint density at radius 1 is 1.53 bits per heavy atom. The number of rotatable bonds is 2. The fourth-order valence-electron chi connectivity index (χ4n) is 1.87. The molecule has 1 fully saturated rings. The Labute approximate surface area is 100 Å². The summed E-state index contributed by atoms with van der Waals surface area (Å²) in [4.78, 5) is 18.0. The van der Waals surface area contributed by atoms with E-state index in [1.54, 1.807) is 30.2 Å². The number of carbonyl (C=O) groups is 1. The Morgan fingerprint density at radius 2 is 2.24 bits per heavy atom. The zero-order valence-corrected chi connectivity index (χ0v) is 9.80. The summed E-state index contributed by atoms with van der Waals surface area (Å²) >= 11 is 0. The van der Waals surface area contributed by atoms with Gasteiger partial charge in [-0.1, -0.05) is 0 Å². The molecular formula is C12H16N2O3. The van der Waals surface area contributed by atoms with E-state index in [0.29, 0.717) is 37.6 Å². The Balaban J connectivity index is 2.23. The number of nitrogens with zero attached hydrogens (tertiary/aromatic N) is 2. The first-order chi connectivity index (χ1) is 8.20. The number of amides is 1. The lowest BCUT2D eigenvalue weighted by atomic mass is 10.1. The summed E-state index contributed by atoms with van der Waals surface area (Å²) in [6.45, 7) is 3.92. The van der Waals surface area contributed by atoms with Crippen LogP contribution in [0.2, 0.25) is 0 Å². The van der Waals surface area contributed by atoms with E-state index in [9.17, 15) is 9.90 Å². The highest BCUT2D eigenvalue weighted by Gasteiger charge is 2.22. The van der Waals surface area contributed by atoms with Crippen molar-refractivity contribution in [2.24, 2.45) is 0 Å². The monoisotopic (exact) mass is 236 g/mol. The maximum Gasteiger partial charge on any atom is 0.255 e. The van der Waals surface area contributed by atoms with Crippen molar-refractivity contribution in [2.75, 3.05) is 26.3 Å². The maximum atomic E-state index is 12.2. The van der Waals surface area contributed by atoms with E-state index in [1.165, 1.54) is 0 Å². The first-order valence-corrected chi connectivity index (χ1v) is 5.70. The van der Waals surface area contributed by atoms with Gasteiger partial charge in [0.15, 0.2) is 0 Å². The molecule has 1 aliphatic rings. The third-order valence-corrected chi connectivity index (χ3v) is 2.76. The number of morpholine rings is 1. The summed E-state index contributed by atoms with van der Waals surface area (Å²) < 4.78 is 5.20. The lowest BCUT2D eigenvalue weighted by Crippen LogP contribution is -2.41. The van der Waals surface area contributed by atoms with Gasteiger partial charge in [0, 0.05) is 19.3 Å². The van der Waals surface area contributed by atoms with E-state index in [1.807, 2.05) is 0 Å². The molecule has 0 aliphatic carbocycles. The second-order valence-electron chi connectivity index (χ2n) is 4.02. The third-order valence-electron chi connectivity index (χ3n) is 2.76. The molecule has 17 heavy (non-hydrogen) atoms. The van der Waals surface area contributed by atoms with E-state index in [4.69, 9.17) is 4.74 Å². The van der Waals surface area contributed by atoms with Crippen LogP contribution in [-0.4, -0.2) is 47.2 Å². The second kappa shape index (κ2) is 5.25. The molecule has 5 nitrogen and oxygen atoms in total. The van der Waals surface area contributed by atoms with Gasteiger partial charge in [0.2, 0.25) is 0 Å². The van der Waals surface area contributed by atoms with E-state index in [2.05, 4.69) is 4.98 Å². The summed E-state index contributed by atoms with van der Waals surface area (Å²) in [5.74, 6) is -0.0858. The van der Waals surface area contributed by atoms with Gasteiger partial charge in [-0.2, -0.15) is 0 Å². The van der Waals surface area contributed by atoms with Crippen molar-refractivity contribution in [3.05, 3.63) is 29.6 Å². The van der Waals surface area contributed by atoms with Gasteiger partial charge < -0.3 is 14.7 Å². The smallest absolute Gasteiger partial charge is 0.255 e. The Kier molecular flexibility index (Phi) is 3.71. The number of ether oxygens (including phenoxy) is 1. The molecule has 0 saturated carbocycles. The minimum absolute atomic E-state index is 0.0858. The third kappa shape index (κ3) is 2.62. The number of aliphatic hydroxyl groups excluding tert-OH is 1. The average Bonchev–Trinajstić information content (AvgIpc) is 2.39. The summed E-state index contributed by atoms with van der Waals surface area (Å²) in [5, 5.41) is 9.59. The molecule has 0 aromatic carbocycles. The van der Waals surface area contributed by atoms with Crippen LogP contribution in [0.25, 0.3) is 0 Å². The predicted octanol–water partition coefficient (Wildman–Crippen LogP) is 0.607. The van der Waals surface area contributed by atoms with Crippen LogP contribution >= 0.6 is 0 Å². The highest BCUT2D eigenvalue weighted by Crippen LogP contribution is 2.17. The van der Waals surface area contributed by atoms with Gasteiger partial charge in [0.05, 0.1) is 30.6 Å². The van der Waals surface area contributed by atoms with E-state index in [0.717, 1.165) is 0 Å². The van der Waals surface area contributed by atoms with Crippen LogP contribution in [0.4, 0.5) is 0 Å². The van der Waals surface area contributed by atoms with Gasteiger partial charge in [0.25, 0.3) is 5.91 Å². The molecule has 1 aromatic rings. The number of carbonyl (C=O) groups excluding carboxylic acids is 1. The lowest BCUT2D eigenvalue weighted by molar-refractivity contribution is 0.0299. The number of pyridine rings is 1. The molecular weight excluding hydrogens is 220 g/mol. The van der Waals surface area contributed by atoms with Crippen LogP contribution in [0.1, 0.15) is 29.1 Å². The zero-order valence-electron chi connectivity index (χ0n) is 9.80. The standard InChI is InChI=1S/C12H16N2O3/c1-9(15)11-10(3-2-4-13-11)12(16)14-5-7-17-8-6-14/h2-4,9,15H,5-8H2,1H3/t9-/m1/s1. The van der Waals surface area contributed by atoms with Gasteiger partial charge in [-0.25, -0.2) is 0 Å². The summed E-state index contributed by atoms with van der Waals surface area (Å²) in [5.41, 5.74) is 0.911. The highest BCUT2D eigenvalue weighted by atomic mass is 16.5. The largest absolute Gasteiger partial charge is 0.387 e. The number of hydrogen-bond acceptors (Lipinski definition) is 4. The molecule has 92 valence electrons. The van der Waals surface area contributed by atoms with Crippen LogP contribution in [0.5, 0.6) is 0 Å². The van der Waals surface area contributed by atoms with Gasteiger partial charge in [-0.15, -0.1) is 0 Å². The van der Waals surface area contributed by atoms with Crippen LogP contribution < -0.4 is 0 Å². The fraction of sp³-hybridized carbons (Fsp3) is 0.500. The molecule has 2 heterocycles. The van der Waals surface area contributed by atoms with Crippen molar-refractivity contribution in [2.45, 2.75) is 13.0 Å². The first kappa shape index (κ1) is 12.0. The zero-order chi connectivity index (χ0) is 12.3. The van der Waals surface area contributed by atoms with E-state index in [-0.39, 0.29) is 5.91 Å². The fourth-order valence-corrected chi connectivity index (χ4v) is 1.87. The van der Waals surface area contributed by atoms with Gasteiger partial charge in [-0.05, 0) is 19.1 Å². The molecule has 2 rings (SSSR count). The van der Waals surface area contributed by atoms with Gasteiger partial charge in [-0.3, -0.25) is 9.78 Å². The number of hydrogen-bond donors (Lipinski definition) is 1. The number of aromatic nitrogens is 1. The minimum atomic E-state index is -0.740. The summed E-state index contributed by atoms with van der Waals surface area (Å²) in [6, 6.07) is 3.41. The number of aliphatic hydroxyl groups is 1. The predicted molar refractivity (Wildman–Crippen MR) is 61.6 cm³/mol. The molecule has 0 unspecified atom stereocenters. The summed E-state index contributed by atoms with van der Waals surface area (Å²) in [6.07, 6.45) is 0.842. The van der Waals surface area contributed by atoms with Crippen molar-refractivity contribution in [3.63, 3.8) is 0 Å². The minimum Gasteiger partial charge on any atom is -0.387 e. The van der Waals surface area contributed by atoms with Crippen LogP contribution in [0, 0.1) is 0 Å². The van der Waals surface area contributed by atoms with Crippen LogP contribution in [0.3, 0.4) is 0 Å².